The third-order valence-electron chi connectivity index (χ3n) is 2.41. The molecule has 0 fully saturated rings. The van der Waals surface area contributed by atoms with Crippen LogP contribution in [0.5, 0.6) is 11.5 Å². The van der Waals surface area contributed by atoms with Crippen LogP contribution in [0.25, 0.3) is 6.08 Å². The first-order valence-corrected chi connectivity index (χ1v) is 5.69. The minimum absolute atomic E-state index is 0.828. The van der Waals surface area contributed by atoms with Crippen LogP contribution in [0, 0.1) is 0 Å². The van der Waals surface area contributed by atoms with Gasteiger partial charge in [-0.2, -0.15) is 0 Å². The molecule has 0 unspecified atom stereocenters. The number of benzene rings is 1. The van der Waals surface area contributed by atoms with E-state index in [1.54, 1.807) is 14.2 Å². The lowest BCUT2D eigenvalue weighted by atomic mass is 10.1. The van der Waals surface area contributed by atoms with Crippen LogP contribution in [0.2, 0.25) is 0 Å². The Balaban J connectivity index is 2.74. The summed E-state index contributed by atoms with van der Waals surface area (Å²) >= 11 is 0. The maximum Gasteiger partial charge on any atom is 0.123 e. The molecule has 1 aromatic carbocycles. The zero-order valence-electron chi connectivity index (χ0n) is 10.3. The fourth-order valence-corrected chi connectivity index (χ4v) is 1.47. The van der Waals surface area contributed by atoms with Gasteiger partial charge in [0.15, 0.2) is 0 Å². The molecule has 0 bridgehead atoms. The van der Waals surface area contributed by atoms with Gasteiger partial charge >= 0.3 is 0 Å². The Morgan fingerprint density at radius 3 is 2.19 bits per heavy atom. The SMILES string of the molecule is CCCCC=Cc1cc(OC)cc(OC)c1. The molecule has 0 aromatic heterocycles. The van der Waals surface area contributed by atoms with Crippen LogP contribution in [0.3, 0.4) is 0 Å². The molecule has 1 rings (SSSR count). The van der Waals surface area contributed by atoms with Crippen LogP contribution in [-0.2, 0) is 0 Å². The quantitative estimate of drug-likeness (QED) is 0.677. The van der Waals surface area contributed by atoms with E-state index in [-0.39, 0.29) is 0 Å². The van der Waals surface area contributed by atoms with E-state index in [1.807, 2.05) is 18.2 Å². The van der Waals surface area contributed by atoms with Gasteiger partial charge in [0.2, 0.25) is 0 Å². The van der Waals surface area contributed by atoms with E-state index in [0.717, 1.165) is 23.5 Å². The molecule has 88 valence electrons. The maximum absolute atomic E-state index is 5.21. The van der Waals surface area contributed by atoms with Gasteiger partial charge < -0.3 is 9.47 Å². The van der Waals surface area contributed by atoms with Gasteiger partial charge in [-0.15, -0.1) is 0 Å². The standard InChI is InChI=1S/C14H20O2/c1-4-5-6-7-8-12-9-13(15-2)11-14(10-12)16-3/h7-11H,4-6H2,1-3H3. The van der Waals surface area contributed by atoms with Crippen molar-refractivity contribution in [3.8, 4) is 11.5 Å². The van der Waals surface area contributed by atoms with Crippen LogP contribution >= 0.6 is 0 Å². The van der Waals surface area contributed by atoms with E-state index in [2.05, 4.69) is 19.1 Å². The third-order valence-corrected chi connectivity index (χ3v) is 2.41. The number of rotatable bonds is 6. The summed E-state index contributed by atoms with van der Waals surface area (Å²) in [5.41, 5.74) is 1.12. The van der Waals surface area contributed by atoms with Gasteiger partial charge in [0, 0.05) is 6.07 Å². The molecule has 0 aliphatic heterocycles. The van der Waals surface area contributed by atoms with Gasteiger partial charge in [0.25, 0.3) is 0 Å². The largest absolute Gasteiger partial charge is 0.497 e. The van der Waals surface area contributed by atoms with Crippen molar-refractivity contribution in [2.45, 2.75) is 26.2 Å². The normalized spacial score (nSPS) is 10.7. The van der Waals surface area contributed by atoms with E-state index in [9.17, 15) is 0 Å². The lowest BCUT2D eigenvalue weighted by Crippen LogP contribution is -1.88. The van der Waals surface area contributed by atoms with E-state index in [1.165, 1.54) is 12.8 Å². The van der Waals surface area contributed by atoms with Crippen molar-refractivity contribution < 1.29 is 9.47 Å². The molecular weight excluding hydrogens is 200 g/mol. The van der Waals surface area contributed by atoms with Crippen LogP contribution in [0.1, 0.15) is 31.7 Å². The molecule has 2 heteroatoms. The Morgan fingerprint density at radius 2 is 1.69 bits per heavy atom. The van der Waals surface area contributed by atoms with E-state index < -0.39 is 0 Å². The highest BCUT2D eigenvalue weighted by Gasteiger charge is 1.98. The van der Waals surface area contributed by atoms with Crippen molar-refractivity contribution in [2.75, 3.05) is 14.2 Å². The van der Waals surface area contributed by atoms with Crippen molar-refractivity contribution in [2.24, 2.45) is 0 Å². The van der Waals surface area contributed by atoms with Crippen molar-refractivity contribution in [1.82, 2.24) is 0 Å². The van der Waals surface area contributed by atoms with Gasteiger partial charge in [-0.3, -0.25) is 0 Å². The summed E-state index contributed by atoms with van der Waals surface area (Å²) in [4.78, 5) is 0. The number of ether oxygens (including phenoxy) is 2. The predicted octanol–water partition coefficient (Wildman–Crippen LogP) is 3.91. The maximum atomic E-state index is 5.21. The smallest absolute Gasteiger partial charge is 0.123 e. The Morgan fingerprint density at radius 1 is 1.06 bits per heavy atom. The molecule has 0 amide bonds. The molecule has 2 nitrogen and oxygen atoms in total. The monoisotopic (exact) mass is 220 g/mol. The molecule has 0 atom stereocenters. The molecule has 0 radical (unpaired) electrons. The first-order valence-electron chi connectivity index (χ1n) is 5.69. The average molecular weight is 220 g/mol. The lowest BCUT2D eigenvalue weighted by Gasteiger charge is -2.05. The zero-order valence-corrected chi connectivity index (χ0v) is 10.3. The predicted molar refractivity (Wildman–Crippen MR) is 68.1 cm³/mol. The lowest BCUT2D eigenvalue weighted by molar-refractivity contribution is 0.394. The van der Waals surface area contributed by atoms with Gasteiger partial charge in [0.1, 0.15) is 11.5 Å². The van der Waals surface area contributed by atoms with Crippen LogP contribution in [-0.4, -0.2) is 14.2 Å². The highest BCUT2D eigenvalue weighted by Crippen LogP contribution is 2.23. The summed E-state index contributed by atoms with van der Waals surface area (Å²) in [6, 6.07) is 5.89. The zero-order chi connectivity index (χ0) is 11.8. The van der Waals surface area contributed by atoms with Gasteiger partial charge in [-0.1, -0.05) is 31.9 Å². The highest BCUT2D eigenvalue weighted by atomic mass is 16.5. The van der Waals surface area contributed by atoms with Crippen molar-refractivity contribution in [1.29, 1.82) is 0 Å². The first-order chi connectivity index (χ1) is 7.80. The second-order valence-corrected chi connectivity index (χ2v) is 3.69. The van der Waals surface area contributed by atoms with Gasteiger partial charge in [-0.05, 0) is 24.1 Å². The second-order valence-electron chi connectivity index (χ2n) is 3.69. The molecule has 0 heterocycles. The Labute approximate surface area is 97.9 Å². The minimum Gasteiger partial charge on any atom is -0.497 e. The summed E-state index contributed by atoms with van der Waals surface area (Å²) < 4.78 is 10.4. The molecule has 0 aliphatic rings. The summed E-state index contributed by atoms with van der Waals surface area (Å²) in [5, 5.41) is 0. The van der Waals surface area contributed by atoms with Crippen molar-refractivity contribution >= 4 is 6.08 Å². The van der Waals surface area contributed by atoms with Crippen LogP contribution in [0.15, 0.2) is 24.3 Å². The van der Waals surface area contributed by atoms with Crippen LogP contribution < -0.4 is 9.47 Å². The molecule has 0 saturated heterocycles. The fraction of sp³-hybridized carbons (Fsp3) is 0.429. The molecule has 0 spiro atoms. The molecular formula is C14H20O2. The van der Waals surface area contributed by atoms with Crippen molar-refractivity contribution in [3.63, 3.8) is 0 Å². The summed E-state index contributed by atoms with van der Waals surface area (Å²) in [6.07, 6.45) is 7.89. The Hall–Kier alpha value is -1.44. The summed E-state index contributed by atoms with van der Waals surface area (Å²) in [5.74, 6) is 1.66. The number of methoxy groups -OCH3 is 2. The Kier molecular flexibility index (Phi) is 5.48. The second kappa shape index (κ2) is 6.94. The topological polar surface area (TPSA) is 18.5 Å². The summed E-state index contributed by atoms with van der Waals surface area (Å²) in [7, 11) is 3.33. The third kappa shape index (κ3) is 3.97. The van der Waals surface area contributed by atoms with Gasteiger partial charge in [0.05, 0.1) is 14.2 Å². The molecule has 16 heavy (non-hydrogen) atoms. The number of hydrogen-bond donors (Lipinski definition) is 0. The van der Waals surface area contributed by atoms with E-state index in [0.29, 0.717) is 0 Å². The van der Waals surface area contributed by atoms with Crippen molar-refractivity contribution in [3.05, 3.63) is 29.8 Å². The van der Waals surface area contributed by atoms with Gasteiger partial charge in [-0.25, -0.2) is 0 Å². The minimum atomic E-state index is 0.828. The fourth-order valence-electron chi connectivity index (χ4n) is 1.47. The van der Waals surface area contributed by atoms with Crippen LogP contribution in [0.4, 0.5) is 0 Å². The Bertz CT molecular complexity index is 320. The molecule has 0 saturated carbocycles. The summed E-state index contributed by atoms with van der Waals surface area (Å²) in [6.45, 7) is 2.20. The molecule has 0 N–H and O–H groups in total. The van der Waals surface area contributed by atoms with E-state index >= 15 is 0 Å². The molecule has 1 aromatic rings. The number of hydrogen-bond acceptors (Lipinski definition) is 2. The average Bonchev–Trinajstić information content (AvgIpc) is 2.34. The highest BCUT2D eigenvalue weighted by molar-refractivity contribution is 5.55. The van der Waals surface area contributed by atoms with E-state index in [4.69, 9.17) is 9.47 Å². The first kappa shape index (κ1) is 12.6. The molecule has 0 aliphatic carbocycles. The number of unbranched alkanes of at least 4 members (excludes halogenated alkanes) is 2. The number of allylic oxidation sites excluding steroid dienone is 1.